The van der Waals surface area contributed by atoms with Gasteiger partial charge in [-0.3, -0.25) is 9.69 Å². The number of fused-ring (bicyclic) bond motifs is 4. The molecule has 0 bridgehead atoms. The first-order chi connectivity index (χ1) is 23.1. The monoisotopic (exact) mass is 606 g/mol. The number of carbonyl (C=O) groups is 1. The molecule has 222 valence electrons. The van der Waals surface area contributed by atoms with Crippen LogP contribution >= 0.6 is 0 Å². The lowest BCUT2D eigenvalue weighted by Gasteiger charge is -2.25. The summed E-state index contributed by atoms with van der Waals surface area (Å²) < 4.78 is 2.05. The summed E-state index contributed by atoms with van der Waals surface area (Å²) in [7, 11) is 0. The quantitative estimate of drug-likeness (QED) is 0.145. The smallest absolute Gasteiger partial charge is 0.260 e. The van der Waals surface area contributed by atoms with E-state index in [1.165, 1.54) is 0 Å². The van der Waals surface area contributed by atoms with Crippen LogP contribution in [0.2, 0.25) is 0 Å². The summed E-state index contributed by atoms with van der Waals surface area (Å²) in [5, 5.41) is 12.1. The zero-order valence-corrected chi connectivity index (χ0v) is 25.4. The van der Waals surface area contributed by atoms with Crippen LogP contribution in [0.4, 0.5) is 5.69 Å². The van der Waals surface area contributed by atoms with Crippen molar-refractivity contribution in [2.75, 3.05) is 4.90 Å². The highest BCUT2D eigenvalue weighted by Crippen LogP contribution is 2.47. The van der Waals surface area contributed by atoms with Gasteiger partial charge in [-0.25, -0.2) is 4.79 Å². The zero-order valence-electron chi connectivity index (χ0n) is 25.4. The Kier molecular flexibility index (Phi) is 6.62. The number of hydrogen-bond donors (Lipinski definition) is 0. The van der Waals surface area contributed by atoms with Gasteiger partial charge < -0.3 is 4.57 Å². The van der Waals surface area contributed by atoms with Crippen LogP contribution in [0.5, 0.6) is 0 Å². The Labute approximate surface area is 271 Å². The van der Waals surface area contributed by atoms with Gasteiger partial charge in [0.2, 0.25) is 6.08 Å². The van der Waals surface area contributed by atoms with E-state index in [9.17, 15) is 14.9 Å². The molecule has 1 amide bonds. The van der Waals surface area contributed by atoms with Crippen LogP contribution < -0.4 is 4.90 Å². The van der Waals surface area contributed by atoms with E-state index in [-0.39, 0.29) is 5.91 Å². The molecule has 7 aromatic rings. The molecular weight excluding hydrogens is 580 g/mol. The second kappa shape index (κ2) is 11.1. The molecule has 1 aromatic heterocycles. The fourth-order valence-electron chi connectivity index (χ4n) is 7.01. The molecule has 1 unspecified atom stereocenters. The third-order valence-corrected chi connectivity index (χ3v) is 9.03. The second-order valence-electron chi connectivity index (χ2n) is 11.6. The maximum absolute atomic E-state index is 14.5. The second-order valence-corrected chi connectivity index (χ2v) is 11.6. The number of rotatable bonds is 5. The SMILES string of the molecule is Cc1cccc2c3cccc(C#N)c3n(-c3cccc4c3C(N=C=O)N(c3ccc(-c5ccccc5)cc3-c3ccccc3)C4=O)c12. The van der Waals surface area contributed by atoms with Crippen molar-refractivity contribution >= 4 is 39.5 Å². The summed E-state index contributed by atoms with van der Waals surface area (Å²) in [4.78, 5) is 32.6. The lowest BCUT2D eigenvalue weighted by atomic mass is 9.96. The molecular formula is C41H26N4O2. The highest BCUT2D eigenvalue weighted by molar-refractivity contribution is 6.15. The molecule has 1 atom stereocenters. The number of benzene rings is 6. The van der Waals surface area contributed by atoms with Crippen LogP contribution in [0.1, 0.15) is 33.2 Å². The number of carbonyl (C=O) groups excluding carboxylic acids is 2. The van der Waals surface area contributed by atoms with Gasteiger partial charge in [-0.1, -0.05) is 103 Å². The van der Waals surface area contributed by atoms with E-state index in [2.05, 4.69) is 33.8 Å². The van der Waals surface area contributed by atoms with Crippen molar-refractivity contribution in [2.24, 2.45) is 4.99 Å². The van der Waals surface area contributed by atoms with Gasteiger partial charge in [0, 0.05) is 27.5 Å². The third-order valence-electron chi connectivity index (χ3n) is 9.03. The Bertz CT molecular complexity index is 2470. The number of aromatic nitrogens is 1. The van der Waals surface area contributed by atoms with Crippen LogP contribution in [-0.2, 0) is 4.79 Å². The van der Waals surface area contributed by atoms with Crippen molar-refractivity contribution in [2.45, 2.75) is 13.1 Å². The van der Waals surface area contributed by atoms with E-state index in [4.69, 9.17) is 0 Å². The first kappa shape index (κ1) is 28.0. The number of nitrogens with zero attached hydrogens (tertiary/aromatic N) is 4. The Morgan fingerprint density at radius 2 is 1.34 bits per heavy atom. The van der Waals surface area contributed by atoms with Crippen molar-refractivity contribution in [1.29, 1.82) is 5.26 Å². The molecule has 6 nitrogen and oxygen atoms in total. The van der Waals surface area contributed by atoms with E-state index >= 15 is 0 Å². The fourth-order valence-corrected chi connectivity index (χ4v) is 7.01. The Morgan fingerprint density at radius 1 is 0.660 bits per heavy atom. The number of para-hydroxylation sites is 2. The van der Waals surface area contributed by atoms with Gasteiger partial charge in [-0.2, -0.15) is 10.3 Å². The number of nitriles is 1. The highest BCUT2D eigenvalue weighted by atomic mass is 16.2. The summed E-state index contributed by atoms with van der Waals surface area (Å²) in [6.45, 7) is 2.03. The van der Waals surface area contributed by atoms with Crippen LogP contribution in [0.3, 0.4) is 0 Å². The summed E-state index contributed by atoms with van der Waals surface area (Å²) in [6, 6.07) is 45.7. The minimum atomic E-state index is -0.984. The molecule has 1 aliphatic heterocycles. The normalized spacial score (nSPS) is 13.8. The molecule has 0 N–H and O–H groups in total. The van der Waals surface area contributed by atoms with Crippen molar-refractivity contribution in [3.05, 3.63) is 156 Å². The number of aryl methyl sites for hydroxylation is 1. The molecule has 2 heterocycles. The van der Waals surface area contributed by atoms with Gasteiger partial charge in [0.1, 0.15) is 6.07 Å². The van der Waals surface area contributed by atoms with E-state index in [1.54, 1.807) is 23.1 Å². The predicted octanol–water partition coefficient (Wildman–Crippen LogP) is 9.29. The number of isocyanates is 1. The first-order valence-corrected chi connectivity index (χ1v) is 15.3. The molecule has 1 aliphatic rings. The van der Waals surface area contributed by atoms with Crippen LogP contribution in [-0.4, -0.2) is 16.6 Å². The molecule has 47 heavy (non-hydrogen) atoms. The number of hydrogen-bond acceptors (Lipinski definition) is 4. The minimum Gasteiger partial charge on any atom is -0.307 e. The predicted molar refractivity (Wildman–Crippen MR) is 185 cm³/mol. The standard InChI is InChI=1S/C41H26N4O2/c1-26-11-8-17-31-32-18-9-16-30(24-42)39(32)44(38(26)31)36-20-10-19-33-37(36)40(43-25-46)45(41(33)47)35-22-21-29(27-12-4-2-5-13-27)23-34(35)28-14-6-3-7-15-28/h2-23,40H,1H3. The third kappa shape index (κ3) is 4.30. The molecule has 6 aromatic carbocycles. The summed E-state index contributed by atoms with van der Waals surface area (Å²) in [6.07, 6.45) is 0.783. The van der Waals surface area contributed by atoms with Gasteiger partial charge in [0.25, 0.3) is 5.91 Å². The molecule has 0 saturated heterocycles. The van der Waals surface area contributed by atoms with E-state index in [0.717, 1.165) is 49.6 Å². The fraction of sp³-hybridized carbons (Fsp3) is 0.0488. The molecule has 0 saturated carbocycles. The van der Waals surface area contributed by atoms with E-state index < -0.39 is 6.17 Å². The molecule has 0 aliphatic carbocycles. The minimum absolute atomic E-state index is 0.270. The Balaban J connectivity index is 1.40. The van der Waals surface area contributed by atoms with E-state index in [1.807, 2.05) is 110 Å². The van der Waals surface area contributed by atoms with Gasteiger partial charge in [0.05, 0.1) is 28.0 Å². The Morgan fingerprint density at radius 3 is 2.06 bits per heavy atom. The van der Waals surface area contributed by atoms with E-state index in [0.29, 0.717) is 28.1 Å². The van der Waals surface area contributed by atoms with Crippen molar-refractivity contribution in [1.82, 2.24) is 4.57 Å². The van der Waals surface area contributed by atoms with Crippen molar-refractivity contribution < 1.29 is 9.59 Å². The summed E-state index contributed by atoms with van der Waals surface area (Å²) in [5.41, 5.74) is 9.33. The zero-order chi connectivity index (χ0) is 32.1. The average molecular weight is 607 g/mol. The molecule has 8 rings (SSSR count). The first-order valence-electron chi connectivity index (χ1n) is 15.3. The summed E-state index contributed by atoms with van der Waals surface area (Å²) >= 11 is 0. The number of anilines is 1. The summed E-state index contributed by atoms with van der Waals surface area (Å²) in [5.74, 6) is -0.270. The Hall–Kier alpha value is -6.54. The molecule has 6 heteroatoms. The average Bonchev–Trinajstić information content (AvgIpc) is 3.61. The highest BCUT2D eigenvalue weighted by Gasteiger charge is 2.41. The largest absolute Gasteiger partial charge is 0.307 e. The number of aliphatic imine (C=N–C) groups is 1. The number of amides is 1. The van der Waals surface area contributed by atoms with Crippen LogP contribution in [0, 0.1) is 18.3 Å². The van der Waals surface area contributed by atoms with Gasteiger partial charge in [-0.15, -0.1) is 0 Å². The van der Waals surface area contributed by atoms with Gasteiger partial charge in [0.15, 0.2) is 6.17 Å². The van der Waals surface area contributed by atoms with Crippen LogP contribution in [0.15, 0.2) is 138 Å². The molecule has 0 radical (unpaired) electrons. The topological polar surface area (TPSA) is 78.5 Å². The van der Waals surface area contributed by atoms with Gasteiger partial charge in [-0.05, 0) is 59.5 Å². The van der Waals surface area contributed by atoms with Crippen molar-refractivity contribution in [3.63, 3.8) is 0 Å². The molecule has 0 spiro atoms. The molecule has 0 fully saturated rings. The van der Waals surface area contributed by atoms with Gasteiger partial charge >= 0.3 is 0 Å². The maximum Gasteiger partial charge on any atom is 0.260 e. The lowest BCUT2D eigenvalue weighted by molar-refractivity contribution is 0.0992. The van der Waals surface area contributed by atoms with Crippen molar-refractivity contribution in [3.8, 4) is 34.0 Å². The van der Waals surface area contributed by atoms with Crippen LogP contribution in [0.25, 0.3) is 49.7 Å². The maximum atomic E-state index is 14.5. The lowest BCUT2D eigenvalue weighted by Crippen LogP contribution is -2.27.